The summed E-state index contributed by atoms with van der Waals surface area (Å²) in [4.78, 5) is 2.41. The van der Waals surface area contributed by atoms with Crippen LogP contribution in [0.5, 0.6) is 0 Å². The molecule has 0 bridgehead atoms. The van der Waals surface area contributed by atoms with Gasteiger partial charge in [-0.05, 0) is 121 Å². The fraction of sp³-hybridized carbons (Fsp3) is 0.0847. The van der Waals surface area contributed by atoms with Crippen LogP contribution in [0.1, 0.15) is 48.6 Å². The molecular formula is C59H45N. The van der Waals surface area contributed by atoms with Gasteiger partial charge >= 0.3 is 0 Å². The molecule has 0 amide bonds. The quantitative estimate of drug-likeness (QED) is 0.156. The van der Waals surface area contributed by atoms with E-state index in [2.05, 4.69) is 244 Å². The van der Waals surface area contributed by atoms with Crippen molar-refractivity contribution in [3.63, 3.8) is 0 Å². The topological polar surface area (TPSA) is 3.24 Å². The van der Waals surface area contributed by atoms with Gasteiger partial charge in [0.15, 0.2) is 0 Å². The summed E-state index contributed by atoms with van der Waals surface area (Å²) in [5.74, 6) is 0. The SMILES string of the molecule is CC1(C)c2ccccc2-c2cccc(-c3ccc(N(c4ccc(-c5ccc6c(c5)C(C)(c5ccccc5)c5ccccc5-6)cc4)c4ccccc4-c4ccccc4)cc3)c21. The zero-order valence-corrected chi connectivity index (χ0v) is 34.2. The van der Waals surface area contributed by atoms with Crippen LogP contribution in [-0.2, 0) is 10.8 Å². The Morgan fingerprint density at radius 3 is 1.50 bits per heavy atom. The minimum absolute atomic E-state index is 0.0907. The number of fused-ring (bicyclic) bond motifs is 6. The molecule has 60 heavy (non-hydrogen) atoms. The maximum absolute atomic E-state index is 2.43. The highest BCUT2D eigenvalue weighted by Gasteiger charge is 2.41. The first-order valence-electron chi connectivity index (χ1n) is 21.1. The number of anilines is 3. The lowest BCUT2D eigenvalue weighted by Crippen LogP contribution is -2.22. The van der Waals surface area contributed by atoms with Crippen molar-refractivity contribution in [1.82, 2.24) is 0 Å². The van der Waals surface area contributed by atoms with Crippen LogP contribution in [0.3, 0.4) is 0 Å². The van der Waals surface area contributed by atoms with Gasteiger partial charge in [0.1, 0.15) is 0 Å². The summed E-state index contributed by atoms with van der Waals surface area (Å²) in [6.07, 6.45) is 0. The molecule has 0 fully saturated rings. The predicted octanol–water partition coefficient (Wildman–Crippen LogP) is 15.8. The number of para-hydroxylation sites is 1. The van der Waals surface area contributed by atoms with Gasteiger partial charge in [0, 0.05) is 27.8 Å². The Morgan fingerprint density at radius 1 is 0.317 bits per heavy atom. The van der Waals surface area contributed by atoms with E-state index < -0.39 is 0 Å². The first-order chi connectivity index (χ1) is 29.4. The fourth-order valence-corrected chi connectivity index (χ4v) is 10.4. The number of hydrogen-bond donors (Lipinski definition) is 0. The van der Waals surface area contributed by atoms with Crippen molar-refractivity contribution in [2.24, 2.45) is 0 Å². The summed E-state index contributed by atoms with van der Waals surface area (Å²) < 4.78 is 0. The second-order valence-electron chi connectivity index (χ2n) is 17.0. The van der Waals surface area contributed by atoms with Gasteiger partial charge in [0.05, 0.1) is 5.69 Å². The van der Waals surface area contributed by atoms with Crippen LogP contribution in [0.15, 0.2) is 218 Å². The lowest BCUT2D eigenvalue weighted by molar-refractivity contribution is 0.662. The Kier molecular flexibility index (Phi) is 8.36. The maximum atomic E-state index is 2.43. The normalized spacial score (nSPS) is 15.4. The van der Waals surface area contributed by atoms with Crippen LogP contribution < -0.4 is 4.90 Å². The first kappa shape index (κ1) is 35.9. The lowest BCUT2D eigenvalue weighted by Gasteiger charge is -2.29. The third-order valence-electron chi connectivity index (χ3n) is 13.4. The fourth-order valence-electron chi connectivity index (χ4n) is 10.4. The Balaban J connectivity index is 1.00. The van der Waals surface area contributed by atoms with Crippen molar-refractivity contribution in [2.75, 3.05) is 4.90 Å². The summed E-state index contributed by atoms with van der Waals surface area (Å²) >= 11 is 0. The van der Waals surface area contributed by atoms with Crippen molar-refractivity contribution in [2.45, 2.75) is 31.6 Å². The monoisotopic (exact) mass is 767 g/mol. The smallest absolute Gasteiger partial charge is 0.0540 e. The molecular weight excluding hydrogens is 723 g/mol. The summed E-state index contributed by atoms with van der Waals surface area (Å²) in [7, 11) is 0. The Labute approximate surface area is 353 Å². The zero-order valence-electron chi connectivity index (χ0n) is 34.2. The molecule has 9 aromatic rings. The van der Waals surface area contributed by atoms with E-state index in [0.717, 1.165) is 17.1 Å². The molecule has 0 radical (unpaired) electrons. The molecule has 1 unspecified atom stereocenters. The molecule has 1 nitrogen and oxygen atoms in total. The molecule has 0 spiro atoms. The summed E-state index contributed by atoms with van der Waals surface area (Å²) in [5.41, 5.74) is 22.5. The van der Waals surface area contributed by atoms with Gasteiger partial charge in [-0.15, -0.1) is 0 Å². The standard InChI is InChI=1S/C59H45N/c1-58(2)53-26-13-10-23-50(53)52-25-16-24-48(57(52)58)42-31-36-46(37-32-42)60(56-28-15-12-21-47(56)41-17-6-4-7-18-41)45-34-29-40(30-35-45)43-33-38-51-49-22-11-14-27-54(49)59(3,55(51)39-43)44-19-8-5-9-20-44/h4-39H,1-3H3. The highest BCUT2D eigenvalue weighted by Crippen LogP contribution is 2.54. The number of benzene rings is 9. The average Bonchev–Trinajstić information content (AvgIpc) is 3.71. The van der Waals surface area contributed by atoms with E-state index in [0.29, 0.717) is 0 Å². The highest BCUT2D eigenvalue weighted by atomic mass is 15.1. The number of hydrogen-bond acceptors (Lipinski definition) is 1. The van der Waals surface area contributed by atoms with Crippen molar-refractivity contribution in [3.05, 3.63) is 246 Å². The molecule has 286 valence electrons. The summed E-state index contributed by atoms with van der Waals surface area (Å²) in [5, 5.41) is 0. The molecule has 11 rings (SSSR count). The van der Waals surface area contributed by atoms with Crippen LogP contribution in [-0.4, -0.2) is 0 Å². The molecule has 1 heteroatoms. The van der Waals surface area contributed by atoms with E-state index >= 15 is 0 Å². The zero-order chi connectivity index (χ0) is 40.4. The second kappa shape index (κ2) is 14.0. The molecule has 0 aromatic heterocycles. The maximum Gasteiger partial charge on any atom is 0.0540 e. The summed E-state index contributed by atoms with van der Waals surface area (Å²) in [6.45, 7) is 7.12. The minimum atomic E-state index is -0.243. The second-order valence-corrected chi connectivity index (χ2v) is 17.0. The van der Waals surface area contributed by atoms with Crippen molar-refractivity contribution >= 4 is 17.1 Å². The van der Waals surface area contributed by atoms with Gasteiger partial charge in [-0.2, -0.15) is 0 Å². The van der Waals surface area contributed by atoms with E-state index in [1.807, 2.05) is 0 Å². The van der Waals surface area contributed by atoms with E-state index in [-0.39, 0.29) is 10.8 Å². The largest absolute Gasteiger partial charge is 0.310 e. The third-order valence-corrected chi connectivity index (χ3v) is 13.4. The Morgan fingerprint density at radius 2 is 0.800 bits per heavy atom. The van der Waals surface area contributed by atoms with E-state index in [1.165, 1.54) is 83.5 Å². The van der Waals surface area contributed by atoms with Gasteiger partial charge in [-0.1, -0.05) is 196 Å². The molecule has 1 atom stereocenters. The van der Waals surface area contributed by atoms with Gasteiger partial charge in [0.25, 0.3) is 0 Å². The molecule has 0 saturated heterocycles. The van der Waals surface area contributed by atoms with Crippen molar-refractivity contribution in [3.8, 4) is 55.6 Å². The Bertz CT molecular complexity index is 3050. The van der Waals surface area contributed by atoms with Crippen molar-refractivity contribution in [1.29, 1.82) is 0 Å². The lowest BCUT2D eigenvalue weighted by atomic mass is 9.74. The van der Waals surface area contributed by atoms with Crippen LogP contribution in [0.4, 0.5) is 17.1 Å². The molecule has 2 aliphatic carbocycles. The van der Waals surface area contributed by atoms with E-state index in [9.17, 15) is 0 Å². The van der Waals surface area contributed by atoms with E-state index in [1.54, 1.807) is 0 Å². The molecule has 9 aromatic carbocycles. The minimum Gasteiger partial charge on any atom is -0.310 e. The molecule has 0 heterocycles. The average molecular weight is 768 g/mol. The van der Waals surface area contributed by atoms with Crippen LogP contribution in [0.2, 0.25) is 0 Å². The van der Waals surface area contributed by atoms with Gasteiger partial charge < -0.3 is 4.90 Å². The number of nitrogens with zero attached hydrogens (tertiary/aromatic N) is 1. The predicted molar refractivity (Wildman–Crippen MR) is 252 cm³/mol. The summed E-state index contributed by atoms with van der Waals surface area (Å²) in [6, 6.07) is 80.5. The Hall–Kier alpha value is -7.22. The van der Waals surface area contributed by atoms with E-state index in [4.69, 9.17) is 0 Å². The number of rotatable bonds is 7. The van der Waals surface area contributed by atoms with Crippen LogP contribution in [0, 0.1) is 0 Å². The molecule has 0 N–H and O–H groups in total. The van der Waals surface area contributed by atoms with Gasteiger partial charge in [-0.3, -0.25) is 0 Å². The highest BCUT2D eigenvalue weighted by molar-refractivity contribution is 5.92. The van der Waals surface area contributed by atoms with Crippen molar-refractivity contribution < 1.29 is 0 Å². The van der Waals surface area contributed by atoms with Crippen LogP contribution >= 0.6 is 0 Å². The molecule has 0 aliphatic heterocycles. The van der Waals surface area contributed by atoms with Crippen LogP contribution in [0.25, 0.3) is 55.6 Å². The first-order valence-corrected chi connectivity index (χ1v) is 21.1. The molecule has 2 aliphatic rings. The van der Waals surface area contributed by atoms with Gasteiger partial charge in [-0.25, -0.2) is 0 Å². The van der Waals surface area contributed by atoms with Gasteiger partial charge in [0.2, 0.25) is 0 Å². The molecule has 0 saturated carbocycles. The third kappa shape index (κ3) is 5.53.